The Morgan fingerprint density at radius 3 is 2.83 bits per heavy atom. The predicted octanol–water partition coefficient (Wildman–Crippen LogP) is 3.54. The molecular weight excluding hydrogens is 311 g/mol. The van der Waals surface area contributed by atoms with Gasteiger partial charge in [-0.1, -0.05) is 12.1 Å². The molecule has 1 saturated heterocycles. The number of carbonyl (C=O) groups excluding carboxylic acids is 1. The zero-order valence-electron chi connectivity index (χ0n) is 13.4. The summed E-state index contributed by atoms with van der Waals surface area (Å²) in [4.78, 5) is 16.5. The van der Waals surface area contributed by atoms with Crippen LogP contribution in [0.25, 0.3) is 10.4 Å². The molecule has 23 heavy (non-hydrogen) atoms. The van der Waals surface area contributed by atoms with Crippen LogP contribution in [0.3, 0.4) is 0 Å². The fourth-order valence-corrected chi connectivity index (χ4v) is 4.25. The van der Waals surface area contributed by atoms with Crippen LogP contribution >= 0.6 is 11.3 Å². The maximum Gasteiger partial charge on any atom is 0.263 e. The van der Waals surface area contributed by atoms with Crippen LogP contribution in [-0.4, -0.2) is 37.5 Å². The summed E-state index contributed by atoms with van der Waals surface area (Å²) in [5, 5.41) is 3.18. The number of benzene rings is 1. The van der Waals surface area contributed by atoms with Crippen LogP contribution in [0.4, 0.5) is 4.39 Å². The Morgan fingerprint density at radius 1 is 1.39 bits per heavy atom. The number of aryl methyl sites for hydroxylation is 1. The largest absolute Gasteiger partial charge is 0.338 e. The molecule has 122 valence electrons. The Balaban J connectivity index is 1.78. The molecule has 1 aromatic heterocycles. The molecule has 0 bridgehead atoms. The SMILES string of the molecule is CNCC1CCN(C(=O)c2cc(C)c(-c3ccc(F)cc3)s2)C1. The summed E-state index contributed by atoms with van der Waals surface area (Å²) in [6.45, 7) is 4.60. The van der Waals surface area contributed by atoms with E-state index in [1.54, 1.807) is 12.1 Å². The van der Waals surface area contributed by atoms with Gasteiger partial charge in [-0.3, -0.25) is 4.79 Å². The molecule has 2 heterocycles. The number of carbonyl (C=O) groups is 1. The van der Waals surface area contributed by atoms with Crippen LogP contribution in [0.1, 0.15) is 21.7 Å². The van der Waals surface area contributed by atoms with E-state index in [1.807, 2.05) is 24.9 Å². The van der Waals surface area contributed by atoms with E-state index >= 15 is 0 Å². The van der Waals surface area contributed by atoms with Gasteiger partial charge < -0.3 is 10.2 Å². The van der Waals surface area contributed by atoms with Gasteiger partial charge in [-0.15, -0.1) is 11.3 Å². The molecule has 1 unspecified atom stereocenters. The van der Waals surface area contributed by atoms with Crippen LogP contribution in [-0.2, 0) is 0 Å². The van der Waals surface area contributed by atoms with E-state index in [0.717, 1.165) is 46.9 Å². The summed E-state index contributed by atoms with van der Waals surface area (Å²) in [7, 11) is 1.95. The fourth-order valence-electron chi connectivity index (χ4n) is 3.10. The van der Waals surface area contributed by atoms with Crippen molar-refractivity contribution in [3.05, 3.63) is 46.6 Å². The highest BCUT2D eigenvalue weighted by atomic mass is 32.1. The van der Waals surface area contributed by atoms with E-state index in [1.165, 1.54) is 23.5 Å². The van der Waals surface area contributed by atoms with Crippen molar-refractivity contribution in [2.75, 3.05) is 26.7 Å². The first kappa shape index (κ1) is 16.1. The lowest BCUT2D eigenvalue weighted by Crippen LogP contribution is -2.29. The van der Waals surface area contributed by atoms with Gasteiger partial charge in [-0.05, 0) is 62.2 Å². The standard InChI is InChI=1S/C18H21FN2OS/c1-12-9-16(18(22)21-8-7-13(11-21)10-20-2)23-17(12)14-3-5-15(19)6-4-14/h3-6,9,13,20H,7-8,10-11H2,1-2H3. The second-order valence-electron chi connectivity index (χ2n) is 6.09. The summed E-state index contributed by atoms with van der Waals surface area (Å²) in [6.07, 6.45) is 1.06. The zero-order valence-corrected chi connectivity index (χ0v) is 14.3. The maximum absolute atomic E-state index is 13.1. The Labute approximate surface area is 140 Å². The Hall–Kier alpha value is -1.72. The first-order valence-electron chi connectivity index (χ1n) is 7.88. The quantitative estimate of drug-likeness (QED) is 0.929. The summed E-state index contributed by atoms with van der Waals surface area (Å²) < 4.78 is 13.1. The lowest BCUT2D eigenvalue weighted by molar-refractivity contribution is 0.0792. The van der Waals surface area contributed by atoms with Gasteiger partial charge in [0.15, 0.2) is 0 Å². The lowest BCUT2D eigenvalue weighted by atomic mass is 10.1. The summed E-state index contributed by atoms with van der Waals surface area (Å²) in [6, 6.07) is 8.40. The highest BCUT2D eigenvalue weighted by Gasteiger charge is 2.27. The van der Waals surface area contributed by atoms with Gasteiger partial charge >= 0.3 is 0 Å². The molecule has 1 N–H and O–H groups in total. The minimum Gasteiger partial charge on any atom is -0.338 e. The van der Waals surface area contributed by atoms with E-state index in [0.29, 0.717) is 5.92 Å². The molecule has 1 aliphatic rings. The van der Waals surface area contributed by atoms with Gasteiger partial charge in [0.1, 0.15) is 5.82 Å². The monoisotopic (exact) mass is 332 g/mol. The Kier molecular flexibility index (Phi) is 4.78. The molecule has 2 aromatic rings. The topological polar surface area (TPSA) is 32.3 Å². The van der Waals surface area contributed by atoms with Crippen LogP contribution in [0.15, 0.2) is 30.3 Å². The molecule has 3 nitrogen and oxygen atoms in total. The average Bonchev–Trinajstić information content (AvgIpc) is 3.15. The van der Waals surface area contributed by atoms with Crippen LogP contribution in [0, 0.1) is 18.7 Å². The number of thiophene rings is 1. The summed E-state index contributed by atoms with van der Waals surface area (Å²) in [5.41, 5.74) is 2.03. The molecule has 3 rings (SSSR count). The summed E-state index contributed by atoms with van der Waals surface area (Å²) >= 11 is 1.50. The van der Waals surface area contributed by atoms with Gasteiger partial charge in [0.05, 0.1) is 4.88 Å². The molecule has 1 amide bonds. The third-order valence-corrected chi connectivity index (χ3v) is 5.58. The van der Waals surface area contributed by atoms with E-state index in [-0.39, 0.29) is 11.7 Å². The van der Waals surface area contributed by atoms with Crippen LogP contribution in [0.5, 0.6) is 0 Å². The molecule has 1 fully saturated rings. The Morgan fingerprint density at radius 2 is 2.13 bits per heavy atom. The predicted molar refractivity (Wildman–Crippen MR) is 92.4 cm³/mol. The number of hydrogen-bond donors (Lipinski definition) is 1. The second kappa shape index (κ2) is 6.81. The van der Waals surface area contributed by atoms with Gasteiger partial charge in [0.25, 0.3) is 5.91 Å². The number of rotatable bonds is 4. The van der Waals surface area contributed by atoms with Crippen molar-refractivity contribution in [3.8, 4) is 10.4 Å². The first-order chi connectivity index (χ1) is 11.1. The number of hydrogen-bond acceptors (Lipinski definition) is 3. The minimum absolute atomic E-state index is 0.116. The summed E-state index contributed by atoms with van der Waals surface area (Å²) in [5.74, 6) is 0.415. The van der Waals surface area contributed by atoms with E-state index < -0.39 is 0 Å². The number of likely N-dealkylation sites (tertiary alicyclic amines) is 1. The van der Waals surface area contributed by atoms with Crippen molar-refractivity contribution < 1.29 is 9.18 Å². The Bertz CT molecular complexity index is 696. The molecule has 0 aliphatic carbocycles. The molecule has 5 heteroatoms. The third kappa shape index (κ3) is 3.46. The highest BCUT2D eigenvalue weighted by molar-refractivity contribution is 7.17. The van der Waals surface area contributed by atoms with Crippen LogP contribution < -0.4 is 5.32 Å². The molecule has 0 spiro atoms. The number of nitrogens with zero attached hydrogens (tertiary/aromatic N) is 1. The number of nitrogens with one attached hydrogen (secondary N) is 1. The van der Waals surface area contributed by atoms with E-state index in [2.05, 4.69) is 5.32 Å². The lowest BCUT2D eigenvalue weighted by Gasteiger charge is -2.15. The normalized spacial score (nSPS) is 17.7. The number of halogens is 1. The van der Waals surface area contributed by atoms with Gasteiger partial charge in [-0.25, -0.2) is 4.39 Å². The molecule has 1 aromatic carbocycles. The minimum atomic E-state index is -0.244. The second-order valence-corrected chi connectivity index (χ2v) is 7.15. The maximum atomic E-state index is 13.1. The molecule has 1 atom stereocenters. The first-order valence-corrected chi connectivity index (χ1v) is 8.70. The van der Waals surface area contributed by atoms with Crippen molar-refractivity contribution in [2.24, 2.45) is 5.92 Å². The van der Waals surface area contributed by atoms with Crippen LogP contribution in [0.2, 0.25) is 0 Å². The van der Waals surface area contributed by atoms with Crippen molar-refractivity contribution >= 4 is 17.2 Å². The molecule has 0 saturated carbocycles. The molecule has 0 radical (unpaired) electrons. The fraction of sp³-hybridized carbons (Fsp3) is 0.389. The van der Waals surface area contributed by atoms with E-state index in [4.69, 9.17) is 0 Å². The van der Waals surface area contributed by atoms with Gasteiger partial charge in [-0.2, -0.15) is 0 Å². The van der Waals surface area contributed by atoms with Crippen molar-refractivity contribution in [2.45, 2.75) is 13.3 Å². The van der Waals surface area contributed by atoms with Crippen molar-refractivity contribution in [1.29, 1.82) is 0 Å². The van der Waals surface area contributed by atoms with Gasteiger partial charge in [0.2, 0.25) is 0 Å². The zero-order chi connectivity index (χ0) is 16.4. The van der Waals surface area contributed by atoms with E-state index in [9.17, 15) is 9.18 Å². The average molecular weight is 332 g/mol. The number of amides is 1. The van der Waals surface area contributed by atoms with Gasteiger partial charge in [0, 0.05) is 18.0 Å². The highest BCUT2D eigenvalue weighted by Crippen LogP contribution is 2.33. The van der Waals surface area contributed by atoms with Crippen molar-refractivity contribution in [3.63, 3.8) is 0 Å². The molecule has 1 aliphatic heterocycles. The third-order valence-electron chi connectivity index (χ3n) is 4.30. The smallest absolute Gasteiger partial charge is 0.263 e. The van der Waals surface area contributed by atoms with Crippen molar-refractivity contribution in [1.82, 2.24) is 10.2 Å². The molecular formula is C18H21FN2OS.